The van der Waals surface area contributed by atoms with Crippen LogP contribution in [0.15, 0.2) is 8.42 Å². The van der Waals surface area contributed by atoms with Gasteiger partial charge < -0.3 is 30.4 Å². The molecule has 4 aromatic heterocycles. The summed E-state index contributed by atoms with van der Waals surface area (Å²) in [6, 6.07) is -1.68. The molecule has 4 aliphatic rings. The van der Waals surface area contributed by atoms with E-state index in [4.69, 9.17) is 14.4 Å². The number of aryl methyl sites for hydroxylation is 4. The van der Waals surface area contributed by atoms with Gasteiger partial charge in [0.1, 0.15) is 21.2 Å². The van der Waals surface area contributed by atoms with Gasteiger partial charge in [-0.1, -0.05) is 20.8 Å². The molecule has 4 aromatic rings. The van der Waals surface area contributed by atoms with Crippen LogP contribution in [0.5, 0.6) is 0 Å². The number of amides is 4. The lowest BCUT2D eigenvalue weighted by atomic mass is 10.1. The number of fused-ring (bicyclic) bond motifs is 4. The number of thiazole rings is 2. The van der Waals surface area contributed by atoms with Gasteiger partial charge in [-0.25, -0.2) is 45.8 Å². The number of sulfonamides is 2. The average Bonchev–Trinajstić information content (AvgIpc) is 4.06. The van der Waals surface area contributed by atoms with Crippen molar-refractivity contribution in [3.8, 4) is 0 Å². The standard InChI is InChI=1S/C25H38N4O5S2Si.C19H24N4O5S2/c1-24(2,3)37(6,7)34-14-19-21(35-22(27-19)25(4,5)31)36(32,33)29-23(30)28-20-15-10-8-12-17(15)26-18-13-9-11-16(18)20;1-19(2,26)17-21-14(9-24)16(29-17)30(27,28)23-18(25)22-15-10-5-3-7-12(10)20-13-8-4-6-11(13)15/h31H,8-14H2,1-7H3,(H2,26,28,29,30);24,26H,3-9H2,1-2H3,(H2,20,22,23,25). The molecule has 4 aliphatic carbocycles. The highest BCUT2D eigenvalue weighted by molar-refractivity contribution is 7.92. The largest absolute Gasteiger partial charge is 0.411 e. The highest BCUT2D eigenvalue weighted by Gasteiger charge is 2.39. The summed E-state index contributed by atoms with van der Waals surface area (Å²) in [6.45, 7) is 15.8. The van der Waals surface area contributed by atoms with Crippen LogP contribution in [-0.2, 0) is 100 Å². The number of aromatic nitrogens is 4. The van der Waals surface area contributed by atoms with Crippen molar-refractivity contribution in [1.82, 2.24) is 29.4 Å². The summed E-state index contributed by atoms with van der Waals surface area (Å²) in [5.74, 6) is 0. The predicted molar refractivity (Wildman–Crippen MR) is 258 cm³/mol. The first-order valence-electron chi connectivity index (χ1n) is 22.5. The molecule has 0 radical (unpaired) electrons. The summed E-state index contributed by atoms with van der Waals surface area (Å²) < 4.78 is 62.6. The Labute approximate surface area is 401 Å². The first-order chi connectivity index (χ1) is 31.1. The summed E-state index contributed by atoms with van der Waals surface area (Å²) in [6.07, 6.45) is 10.6. The Hall–Kier alpha value is -3.94. The molecule has 4 amide bonds. The number of aliphatic hydroxyl groups is 3. The first-order valence-corrected chi connectivity index (χ1v) is 30.0. The number of rotatable bonds is 12. The molecule has 0 aliphatic heterocycles. The van der Waals surface area contributed by atoms with Gasteiger partial charge in [0.15, 0.2) is 16.7 Å². The third kappa shape index (κ3) is 10.9. The molecule has 366 valence electrons. The fourth-order valence-electron chi connectivity index (χ4n) is 8.36. The van der Waals surface area contributed by atoms with Crippen LogP contribution < -0.4 is 20.1 Å². The van der Waals surface area contributed by atoms with Crippen LogP contribution in [0.1, 0.15) is 141 Å². The molecule has 67 heavy (non-hydrogen) atoms. The third-order valence-electron chi connectivity index (χ3n) is 12.8. The third-order valence-corrected chi connectivity index (χ3v) is 23.9. The van der Waals surface area contributed by atoms with Crippen molar-refractivity contribution in [2.75, 3.05) is 10.6 Å². The topological polar surface area (TPSA) is 272 Å². The lowest BCUT2D eigenvalue weighted by Crippen LogP contribution is -2.40. The summed E-state index contributed by atoms with van der Waals surface area (Å²) >= 11 is 1.58. The number of aliphatic hydroxyl groups excluding tert-OH is 1. The molecular weight excluding hydrogens is 957 g/mol. The van der Waals surface area contributed by atoms with E-state index in [9.17, 15) is 41.7 Å². The molecule has 18 nitrogen and oxygen atoms in total. The van der Waals surface area contributed by atoms with Crippen LogP contribution >= 0.6 is 22.7 Å². The number of anilines is 2. The van der Waals surface area contributed by atoms with E-state index < -0.39 is 58.2 Å². The van der Waals surface area contributed by atoms with Gasteiger partial charge in [0.25, 0.3) is 20.0 Å². The van der Waals surface area contributed by atoms with Crippen LogP contribution in [0.3, 0.4) is 0 Å². The molecule has 0 unspecified atom stereocenters. The van der Waals surface area contributed by atoms with E-state index in [-0.39, 0.29) is 41.5 Å². The maximum atomic E-state index is 13.4. The van der Waals surface area contributed by atoms with E-state index >= 15 is 0 Å². The van der Waals surface area contributed by atoms with Crippen molar-refractivity contribution in [1.29, 1.82) is 0 Å². The molecule has 0 spiro atoms. The van der Waals surface area contributed by atoms with E-state index in [1.807, 2.05) is 4.72 Å². The van der Waals surface area contributed by atoms with E-state index in [2.05, 4.69) is 59.2 Å². The van der Waals surface area contributed by atoms with Gasteiger partial charge in [-0.15, -0.1) is 22.7 Å². The number of hydrogen-bond donors (Lipinski definition) is 7. The fraction of sp³-hybridized carbons (Fsp3) is 0.591. The van der Waals surface area contributed by atoms with Crippen molar-refractivity contribution in [2.24, 2.45) is 0 Å². The summed E-state index contributed by atoms with van der Waals surface area (Å²) in [5, 5.41) is 36.0. The van der Waals surface area contributed by atoms with Crippen molar-refractivity contribution in [2.45, 2.75) is 176 Å². The van der Waals surface area contributed by atoms with Gasteiger partial charge >= 0.3 is 12.1 Å². The number of carbonyl (C=O) groups excluding carboxylic acids is 2. The fourth-order valence-corrected chi connectivity index (χ4v) is 14.1. The Kier molecular flexibility index (Phi) is 14.3. The number of nitrogens with one attached hydrogen (secondary N) is 4. The molecule has 0 aromatic carbocycles. The molecule has 4 heterocycles. The molecule has 0 atom stereocenters. The molecule has 0 saturated heterocycles. The highest BCUT2D eigenvalue weighted by Crippen LogP contribution is 2.41. The van der Waals surface area contributed by atoms with Crippen LogP contribution in [0.4, 0.5) is 21.0 Å². The second-order valence-corrected chi connectivity index (χ2v) is 30.6. The second-order valence-electron chi connectivity index (χ2n) is 20.0. The van der Waals surface area contributed by atoms with Crippen molar-refractivity contribution < 1.29 is 46.2 Å². The Morgan fingerprint density at radius 3 is 1.27 bits per heavy atom. The van der Waals surface area contributed by atoms with Crippen LogP contribution in [0.2, 0.25) is 18.1 Å². The van der Waals surface area contributed by atoms with Gasteiger partial charge in [-0.05, 0) is 145 Å². The number of hydrogen-bond acceptors (Lipinski definition) is 16. The van der Waals surface area contributed by atoms with Crippen LogP contribution in [0.25, 0.3) is 0 Å². The summed E-state index contributed by atoms with van der Waals surface area (Å²) in [4.78, 5) is 43.7. The van der Waals surface area contributed by atoms with Gasteiger partial charge in [0.2, 0.25) is 0 Å². The first kappa shape index (κ1) is 50.9. The Morgan fingerprint density at radius 2 is 0.940 bits per heavy atom. The minimum atomic E-state index is -4.28. The van der Waals surface area contributed by atoms with Gasteiger partial charge in [0.05, 0.1) is 36.0 Å². The zero-order valence-electron chi connectivity index (χ0n) is 39.5. The maximum Gasteiger partial charge on any atom is 0.333 e. The number of carbonyl (C=O) groups is 2. The minimum absolute atomic E-state index is 0.0215. The maximum absolute atomic E-state index is 13.4. The molecule has 0 saturated carbocycles. The SMILES string of the molecule is CC(C)(O)c1nc(CO)c(S(=O)(=O)NC(=O)Nc2c3c(nc4c2CCC4)CCC3)s1.CC(C)(O)c1nc(CO[Si](C)(C)C(C)(C)C)c(S(=O)(=O)NC(=O)Nc2c3c(nc4c2CCC4)CCC3)s1. The monoisotopic (exact) mass is 1020 g/mol. The average molecular weight is 1020 g/mol. The molecular formula is C44H62N8O10S4Si. The smallest absolute Gasteiger partial charge is 0.333 e. The zero-order valence-corrected chi connectivity index (χ0v) is 43.8. The van der Waals surface area contributed by atoms with Crippen LogP contribution in [0, 0.1) is 0 Å². The van der Waals surface area contributed by atoms with Gasteiger partial charge in [0, 0.05) is 22.8 Å². The predicted octanol–water partition coefficient (Wildman–Crippen LogP) is 6.52. The lowest BCUT2D eigenvalue weighted by Gasteiger charge is -2.36. The number of nitrogens with zero attached hydrogens (tertiary/aromatic N) is 4. The Bertz CT molecular complexity index is 2760. The Morgan fingerprint density at radius 1 is 0.597 bits per heavy atom. The number of pyridine rings is 2. The molecule has 0 bridgehead atoms. The lowest BCUT2D eigenvalue weighted by molar-refractivity contribution is 0.0773. The summed E-state index contributed by atoms with van der Waals surface area (Å²) in [5.41, 5.74) is 6.73. The second kappa shape index (κ2) is 18.8. The highest BCUT2D eigenvalue weighted by atomic mass is 32.3. The van der Waals surface area contributed by atoms with Crippen molar-refractivity contribution in [3.05, 3.63) is 66.4 Å². The quantitative estimate of drug-likeness (QED) is 0.0745. The number of urea groups is 2. The summed E-state index contributed by atoms with van der Waals surface area (Å²) in [7, 11) is -10.8. The van der Waals surface area contributed by atoms with E-state index in [1.165, 1.54) is 13.8 Å². The minimum Gasteiger partial charge on any atom is -0.411 e. The molecule has 7 N–H and O–H groups in total. The normalized spacial score (nSPS) is 15.9. The molecule has 23 heteroatoms. The molecule has 8 rings (SSSR count). The van der Waals surface area contributed by atoms with Gasteiger partial charge in [-0.3, -0.25) is 9.97 Å². The molecule has 0 fully saturated rings. The zero-order chi connectivity index (χ0) is 49.1. The Balaban J connectivity index is 0.000000203. The van der Waals surface area contributed by atoms with Crippen LogP contribution in [-0.4, -0.2) is 72.5 Å². The van der Waals surface area contributed by atoms with Crippen molar-refractivity contribution >= 4 is 74.5 Å². The van der Waals surface area contributed by atoms with E-state index in [0.29, 0.717) is 11.4 Å². The van der Waals surface area contributed by atoms with Crippen molar-refractivity contribution in [3.63, 3.8) is 0 Å². The van der Waals surface area contributed by atoms with Gasteiger partial charge in [-0.2, -0.15) is 0 Å². The van der Waals surface area contributed by atoms with E-state index in [1.54, 1.807) is 13.8 Å². The van der Waals surface area contributed by atoms with E-state index in [0.717, 1.165) is 145 Å².